The molecular formula is C17H17N3. The van der Waals surface area contributed by atoms with Gasteiger partial charge in [-0.05, 0) is 30.0 Å². The fourth-order valence-electron chi connectivity index (χ4n) is 2.84. The van der Waals surface area contributed by atoms with Crippen LogP contribution in [0.5, 0.6) is 0 Å². The molecule has 100 valence electrons. The topological polar surface area (TPSA) is 39.9 Å². The zero-order valence-corrected chi connectivity index (χ0v) is 11.4. The molecule has 0 N–H and O–H groups in total. The molecular weight excluding hydrogens is 246 g/mol. The van der Waals surface area contributed by atoms with Crippen LogP contribution in [-0.2, 0) is 13.0 Å². The number of rotatable bonds is 3. The van der Waals surface area contributed by atoms with Crippen molar-refractivity contribution in [1.29, 1.82) is 5.26 Å². The summed E-state index contributed by atoms with van der Waals surface area (Å²) in [5.74, 6) is 1.04. The predicted octanol–water partition coefficient (Wildman–Crippen LogP) is 3.32. The molecule has 0 saturated heterocycles. The summed E-state index contributed by atoms with van der Waals surface area (Å²) in [5, 5.41) is 9.05. The van der Waals surface area contributed by atoms with E-state index in [1.54, 1.807) is 0 Å². The second kappa shape index (κ2) is 5.75. The van der Waals surface area contributed by atoms with Crippen LogP contribution in [0.4, 0.5) is 5.82 Å². The summed E-state index contributed by atoms with van der Waals surface area (Å²) < 4.78 is 0. The van der Waals surface area contributed by atoms with Crippen molar-refractivity contribution in [3.8, 4) is 6.07 Å². The molecule has 0 aliphatic carbocycles. The van der Waals surface area contributed by atoms with E-state index in [2.05, 4.69) is 46.3 Å². The third kappa shape index (κ3) is 2.50. The minimum Gasteiger partial charge on any atom is -0.348 e. The normalized spacial score (nSPS) is 17.4. The lowest BCUT2D eigenvalue weighted by atomic mass is 9.96. The summed E-state index contributed by atoms with van der Waals surface area (Å²) in [6.07, 6.45) is 4.44. The smallest absolute Gasteiger partial charge is 0.132 e. The van der Waals surface area contributed by atoms with E-state index in [0.717, 1.165) is 25.2 Å². The maximum atomic E-state index is 9.05. The first kappa shape index (κ1) is 12.7. The van der Waals surface area contributed by atoms with Gasteiger partial charge in [-0.1, -0.05) is 36.4 Å². The Morgan fingerprint density at radius 1 is 1.20 bits per heavy atom. The number of hydrogen-bond acceptors (Lipinski definition) is 3. The summed E-state index contributed by atoms with van der Waals surface area (Å²) in [6, 6.07) is 17.1. The molecule has 1 unspecified atom stereocenters. The van der Waals surface area contributed by atoms with Gasteiger partial charge in [-0.2, -0.15) is 5.26 Å². The first-order chi connectivity index (χ1) is 9.88. The monoisotopic (exact) mass is 263 g/mol. The first-order valence-electron chi connectivity index (χ1n) is 7.00. The highest BCUT2D eigenvalue weighted by Crippen LogP contribution is 2.31. The Hall–Kier alpha value is -2.34. The second-order valence-corrected chi connectivity index (χ2v) is 5.15. The summed E-state index contributed by atoms with van der Waals surface area (Å²) in [4.78, 5) is 6.83. The molecule has 0 amide bonds. The van der Waals surface area contributed by atoms with Crippen LogP contribution in [0.3, 0.4) is 0 Å². The van der Waals surface area contributed by atoms with E-state index in [1.807, 2.05) is 18.3 Å². The molecule has 1 aromatic heterocycles. The number of hydrogen-bond donors (Lipinski definition) is 0. The zero-order chi connectivity index (χ0) is 13.8. The molecule has 2 aromatic rings. The van der Waals surface area contributed by atoms with Gasteiger partial charge in [0.2, 0.25) is 0 Å². The van der Waals surface area contributed by atoms with E-state index in [0.29, 0.717) is 6.42 Å². The van der Waals surface area contributed by atoms with Crippen molar-refractivity contribution in [2.75, 3.05) is 4.90 Å². The van der Waals surface area contributed by atoms with Crippen LogP contribution in [0.1, 0.15) is 24.0 Å². The molecule has 1 atom stereocenters. The molecule has 3 heteroatoms. The average Bonchev–Trinajstić information content (AvgIpc) is 2.51. The van der Waals surface area contributed by atoms with E-state index < -0.39 is 0 Å². The highest BCUT2D eigenvalue weighted by atomic mass is 15.2. The maximum absolute atomic E-state index is 9.05. The van der Waals surface area contributed by atoms with Crippen molar-refractivity contribution >= 4 is 5.82 Å². The van der Waals surface area contributed by atoms with Gasteiger partial charge in [0.05, 0.1) is 12.5 Å². The van der Waals surface area contributed by atoms with Gasteiger partial charge in [0.25, 0.3) is 0 Å². The van der Waals surface area contributed by atoms with Crippen molar-refractivity contribution in [3.05, 3.63) is 59.8 Å². The summed E-state index contributed by atoms with van der Waals surface area (Å²) in [5.41, 5.74) is 2.55. The third-order valence-electron chi connectivity index (χ3n) is 3.85. The average molecular weight is 263 g/mol. The Kier molecular flexibility index (Phi) is 3.64. The predicted molar refractivity (Wildman–Crippen MR) is 79.2 cm³/mol. The van der Waals surface area contributed by atoms with Gasteiger partial charge in [0, 0.05) is 18.8 Å². The highest BCUT2D eigenvalue weighted by Gasteiger charge is 2.26. The molecule has 2 heterocycles. The fraction of sp³-hybridized carbons (Fsp3) is 0.294. The van der Waals surface area contributed by atoms with E-state index in [9.17, 15) is 0 Å². The lowest BCUT2D eigenvalue weighted by Crippen LogP contribution is -2.39. The van der Waals surface area contributed by atoms with E-state index in [1.165, 1.54) is 11.1 Å². The molecule has 3 nitrogen and oxygen atoms in total. The first-order valence-corrected chi connectivity index (χ1v) is 7.00. The molecule has 0 bridgehead atoms. The number of pyridine rings is 1. The quantitative estimate of drug-likeness (QED) is 0.853. The van der Waals surface area contributed by atoms with Crippen molar-refractivity contribution < 1.29 is 0 Å². The van der Waals surface area contributed by atoms with Crippen LogP contribution < -0.4 is 4.90 Å². The number of nitrogens with zero attached hydrogens (tertiary/aromatic N) is 3. The molecule has 1 aromatic carbocycles. The Morgan fingerprint density at radius 2 is 2.05 bits per heavy atom. The number of fused-ring (bicyclic) bond motifs is 1. The maximum Gasteiger partial charge on any atom is 0.132 e. The highest BCUT2D eigenvalue weighted by molar-refractivity contribution is 5.51. The Balaban J connectivity index is 1.93. The number of aromatic nitrogens is 1. The molecule has 20 heavy (non-hydrogen) atoms. The van der Waals surface area contributed by atoms with Crippen LogP contribution in [0, 0.1) is 11.3 Å². The molecule has 0 spiro atoms. The van der Waals surface area contributed by atoms with Gasteiger partial charge in [-0.15, -0.1) is 0 Å². The van der Waals surface area contributed by atoms with Gasteiger partial charge in [-0.25, -0.2) is 4.98 Å². The van der Waals surface area contributed by atoms with Crippen molar-refractivity contribution in [2.24, 2.45) is 0 Å². The molecule has 0 fully saturated rings. The van der Waals surface area contributed by atoms with E-state index >= 15 is 0 Å². The Bertz CT molecular complexity index is 616. The van der Waals surface area contributed by atoms with Gasteiger partial charge >= 0.3 is 0 Å². The van der Waals surface area contributed by atoms with Crippen molar-refractivity contribution in [1.82, 2.24) is 4.98 Å². The minimum absolute atomic E-state index is 0.266. The third-order valence-corrected chi connectivity index (χ3v) is 3.85. The largest absolute Gasteiger partial charge is 0.348 e. The van der Waals surface area contributed by atoms with Crippen LogP contribution in [-0.4, -0.2) is 11.0 Å². The molecule has 0 radical (unpaired) electrons. The molecule has 1 aliphatic heterocycles. The van der Waals surface area contributed by atoms with Crippen LogP contribution >= 0.6 is 0 Å². The molecule has 1 aliphatic rings. The van der Waals surface area contributed by atoms with Crippen LogP contribution in [0.2, 0.25) is 0 Å². The number of benzene rings is 1. The minimum atomic E-state index is 0.266. The summed E-state index contributed by atoms with van der Waals surface area (Å²) in [6.45, 7) is 0.817. The van der Waals surface area contributed by atoms with Crippen molar-refractivity contribution in [2.45, 2.75) is 31.8 Å². The van der Waals surface area contributed by atoms with E-state index in [-0.39, 0.29) is 6.04 Å². The molecule has 0 saturated carbocycles. The molecule has 3 rings (SSSR count). The Morgan fingerprint density at radius 3 is 2.85 bits per heavy atom. The van der Waals surface area contributed by atoms with Crippen molar-refractivity contribution in [3.63, 3.8) is 0 Å². The standard InChI is InChI=1S/C17H17N3/c18-11-10-16-9-8-15-7-4-12-19-17(15)20(16)13-14-5-2-1-3-6-14/h1-7,12,16H,8-10,13H2. The Labute approximate surface area is 119 Å². The SMILES string of the molecule is N#CCC1CCc2cccnc2N1Cc1ccccc1. The zero-order valence-electron chi connectivity index (χ0n) is 11.4. The fourth-order valence-corrected chi connectivity index (χ4v) is 2.84. The van der Waals surface area contributed by atoms with Crippen LogP contribution in [0.15, 0.2) is 48.7 Å². The number of anilines is 1. The lowest BCUT2D eigenvalue weighted by Gasteiger charge is -2.36. The van der Waals surface area contributed by atoms with Gasteiger partial charge in [0.15, 0.2) is 0 Å². The van der Waals surface area contributed by atoms with E-state index in [4.69, 9.17) is 5.26 Å². The van der Waals surface area contributed by atoms with Gasteiger partial charge in [-0.3, -0.25) is 0 Å². The summed E-state index contributed by atoms with van der Waals surface area (Å²) in [7, 11) is 0. The number of nitriles is 1. The lowest BCUT2D eigenvalue weighted by molar-refractivity contribution is 0.525. The van der Waals surface area contributed by atoms with Crippen LogP contribution in [0.25, 0.3) is 0 Å². The second-order valence-electron chi connectivity index (χ2n) is 5.15. The summed E-state index contributed by atoms with van der Waals surface area (Å²) >= 11 is 0. The van der Waals surface area contributed by atoms with Gasteiger partial charge in [0.1, 0.15) is 5.82 Å². The van der Waals surface area contributed by atoms with Gasteiger partial charge < -0.3 is 4.90 Å². The number of aryl methyl sites for hydroxylation is 1.